The number of rotatable bonds is 13. The van der Waals surface area contributed by atoms with E-state index in [1.54, 1.807) is 43.0 Å². The summed E-state index contributed by atoms with van der Waals surface area (Å²) in [7, 11) is 5.29. The molecule has 3 aliphatic heterocycles. The highest BCUT2D eigenvalue weighted by Gasteiger charge is 2.62. The molecule has 1 amide bonds. The number of carbonyl (C=O) groups excluding carboxylic acids is 5. The SMILES string of the molecule is CC[C@H]1OC(=O)[C@H](C)C(=O)[C@H](C)[C@@H](OC2O[C@H](C)C[C@H](N(C)C)[C@H]2OC(=O)c2ccccc2)[C@@](C)(OC)C[C@@H](C)C(=O)[C@H](C)[C@H]2N(CCCCc3ccnc4ccccc34)C(=O)O[C@]12CC. The number of nitrogens with zero attached hydrogens (tertiary/aromatic N) is 3. The summed E-state index contributed by atoms with van der Waals surface area (Å²) in [5.41, 5.74) is -0.281. The lowest BCUT2D eigenvalue weighted by molar-refractivity contribution is -0.294. The highest BCUT2D eigenvalue weighted by atomic mass is 16.7. The van der Waals surface area contributed by atoms with Gasteiger partial charge in [0.15, 0.2) is 23.8 Å². The topological polar surface area (TPSA) is 160 Å². The number of esters is 2. The molecule has 360 valence electrons. The van der Waals surface area contributed by atoms with Gasteiger partial charge in [-0.1, -0.05) is 71.0 Å². The van der Waals surface area contributed by atoms with Gasteiger partial charge in [-0.05, 0) is 110 Å². The maximum absolute atomic E-state index is 15.1. The fraction of sp³-hybridized carbons (Fsp3) is 0.615. The summed E-state index contributed by atoms with van der Waals surface area (Å²) in [6.45, 7) is 14.6. The zero-order valence-electron chi connectivity index (χ0n) is 40.7. The van der Waals surface area contributed by atoms with Crippen LogP contribution in [0.4, 0.5) is 4.79 Å². The molecule has 3 aliphatic rings. The minimum atomic E-state index is -1.38. The first-order valence-corrected chi connectivity index (χ1v) is 23.8. The Morgan fingerprint density at radius 2 is 1.61 bits per heavy atom. The van der Waals surface area contributed by atoms with Crippen LogP contribution >= 0.6 is 0 Å². The van der Waals surface area contributed by atoms with Crippen LogP contribution in [-0.2, 0) is 49.2 Å². The van der Waals surface area contributed by atoms with Gasteiger partial charge in [-0.3, -0.25) is 19.4 Å². The molecule has 66 heavy (non-hydrogen) atoms. The van der Waals surface area contributed by atoms with E-state index in [-0.39, 0.29) is 37.2 Å². The van der Waals surface area contributed by atoms with Crippen molar-refractivity contribution < 1.29 is 52.4 Å². The molecule has 0 N–H and O–H groups in total. The molecule has 1 aromatic heterocycles. The van der Waals surface area contributed by atoms with Crippen LogP contribution in [0.3, 0.4) is 0 Å². The van der Waals surface area contributed by atoms with Crippen LogP contribution < -0.4 is 0 Å². The van der Waals surface area contributed by atoms with Crippen molar-refractivity contribution >= 4 is 40.5 Å². The predicted molar refractivity (Wildman–Crippen MR) is 248 cm³/mol. The van der Waals surface area contributed by atoms with E-state index >= 15 is 4.79 Å². The average Bonchev–Trinajstić information content (AvgIpc) is 3.61. The van der Waals surface area contributed by atoms with E-state index in [9.17, 15) is 19.2 Å². The number of aryl methyl sites for hydroxylation is 1. The number of para-hydroxylation sites is 1. The number of ketones is 2. The summed E-state index contributed by atoms with van der Waals surface area (Å²) in [6.07, 6.45) is -0.00302. The fourth-order valence-corrected chi connectivity index (χ4v) is 10.8. The van der Waals surface area contributed by atoms with E-state index < -0.39 is 89.3 Å². The molecular formula is C52H71N3O11. The van der Waals surface area contributed by atoms with Gasteiger partial charge in [-0.2, -0.15) is 0 Å². The Labute approximate surface area is 390 Å². The van der Waals surface area contributed by atoms with Gasteiger partial charge >= 0.3 is 18.0 Å². The summed E-state index contributed by atoms with van der Waals surface area (Å²) >= 11 is 0. The Kier molecular flexibility index (Phi) is 16.5. The van der Waals surface area contributed by atoms with Gasteiger partial charge in [0, 0.05) is 43.0 Å². The number of Topliss-reactive ketones (excluding diaryl/α,β-unsaturated/α-hetero) is 2. The van der Waals surface area contributed by atoms with E-state index in [0.717, 1.165) is 29.3 Å². The number of benzene rings is 2. The molecular weight excluding hydrogens is 843 g/mol. The number of aromatic nitrogens is 1. The molecule has 0 spiro atoms. The van der Waals surface area contributed by atoms with Gasteiger partial charge in [-0.25, -0.2) is 9.59 Å². The molecule has 6 rings (SSSR count). The number of cyclic esters (lactones) is 1. The van der Waals surface area contributed by atoms with E-state index in [0.29, 0.717) is 24.9 Å². The van der Waals surface area contributed by atoms with E-state index in [1.807, 2.05) is 90.1 Å². The molecule has 14 nitrogen and oxygen atoms in total. The number of hydrogen-bond donors (Lipinski definition) is 0. The molecule has 0 bridgehead atoms. The average molecular weight is 914 g/mol. The summed E-state index contributed by atoms with van der Waals surface area (Å²) in [5.74, 6) is -5.70. The standard InChI is InChI=1S/C52H71N3O11/c1-12-41-52(13-2)45(55(50(60)66-52)28-20-19-21-36-26-27-53-39-25-18-17-24-38(36)39)33(5)42(56)31(3)30-51(8,61-11)46(34(6)43(57)35(7)47(58)63-41)65-49-44(40(54(9)10)29-32(4)62-49)64-48(59)37-22-15-14-16-23-37/h14-18,22-27,31-35,40-41,44-46,49H,12-13,19-21,28-30H2,1-11H3/t31-,32-,33+,34+,35-,40+,41-,44-,45-,46-,49?,51+,52-/m1/s1. The van der Waals surface area contributed by atoms with Crippen molar-refractivity contribution in [2.24, 2.45) is 23.7 Å². The van der Waals surface area contributed by atoms with Gasteiger partial charge in [0.05, 0.1) is 41.0 Å². The Balaban J connectivity index is 1.34. The maximum Gasteiger partial charge on any atom is 0.410 e. The molecule has 14 heteroatoms. The van der Waals surface area contributed by atoms with Gasteiger partial charge in [0.25, 0.3) is 0 Å². The van der Waals surface area contributed by atoms with Gasteiger partial charge < -0.3 is 38.2 Å². The second-order valence-electron chi connectivity index (χ2n) is 19.2. The maximum atomic E-state index is 15.1. The molecule has 3 aromatic rings. The van der Waals surface area contributed by atoms with Crippen molar-refractivity contribution in [1.29, 1.82) is 0 Å². The highest BCUT2D eigenvalue weighted by molar-refractivity contribution is 6.00. The Bertz CT molecular complexity index is 2180. The number of ether oxygens (including phenoxy) is 6. The largest absolute Gasteiger partial charge is 0.457 e. The van der Waals surface area contributed by atoms with Crippen molar-refractivity contribution in [3.8, 4) is 0 Å². The molecule has 0 saturated carbocycles. The molecule has 2 aromatic carbocycles. The van der Waals surface area contributed by atoms with E-state index in [1.165, 1.54) is 14.0 Å². The number of unbranched alkanes of at least 4 members (excludes halogenated alkanes) is 1. The Morgan fingerprint density at radius 1 is 0.909 bits per heavy atom. The van der Waals surface area contributed by atoms with Crippen molar-refractivity contribution in [3.63, 3.8) is 0 Å². The van der Waals surface area contributed by atoms with E-state index in [4.69, 9.17) is 28.4 Å². The van der Waals surface area contributed by atoms with Crippen molar-refractivity contribution in [2.45, 2.75) is 154 Å². The summed E-state index contributed by atoms with van der Waals surface area (Å²) in [4.78, 5) is 80.1. The zero-order chi connectivity index (χ0) is 48.1. The number of fused-ring (bicyclic) bond motifs is 2. The van der Waals surface area contributed by atoms with Crippen molar-refractivity contribution in [3.05, 3.63) is 78.0 Å². The lowest BCUT2D eigenvalue weighted by atomic mass is 9.72. The van der Waals surface area contributed by atoms with Gasteiger partial charge in [-0.15, -0.1) is 0 Å². The van der Waals surface area contributed by atoms with Crippen LogP contribution in [0.5, 0.6) is 0 Å². The van der Waals surface area contributed by atoms with Crippen LogP contribution in [0.25, 0.3) is 10.9 Å². The van der Waals surface area contributed by atoms with Crippen LogP contribution in [0.1, 0.15) is 110 Å². The van der Waals surface area contributed by atoms with Gasteiger partial charge in [0.1, 0.15) is 17.8 Å². The highest BCUT2D eigenvalue weighted by Crippen LogP contribution is 2.45. The number of amides is 1. The van der Waals surface area contributed by atoms with Crippen LogP contribution in [0.2, 0.25) is 0 Å². The molecule has 0 radical (unpaired) electrons. The Hall–Kier alpha value is -4.76. The molecule has 3 saturated heterocycles. The lowest BCUT2D eigenvalue weighted by Crippen LogP contribution is -2.61. The first-order chi connectivity index (χ1) is 31.4. The van der Waals surface area contributed by atoms with Crippen molar-refractivity contribution in [2.75, 3.05) is 27.7 Å². The number of methoxy groups -OCH3 is 1. The first kappa shape index (κ1) is 50.6. The third kappa shape index (κ3) is 10.4. The lowest BCUT2D eigenvalue weighted by Gasteiger charge is -2.48. The van der Waals surface area contributed by atoms with Crippen LogP contribution in [0, 0.1) is 23.7 Å². The van der Waals surface area contributed by atoms with E-state index in [2.05, 4.69) is 11.1 Å². The first-order valence-electron chi connectivity index (χ1n) is 23.8. The Morgan fingerprint density at radius 3 is 2.27 bits per heavy atom. The molecule has 1 unspecified atom stereocenters. The second-order valence-corrected chi connectivity index (χ2v) is 19.2. The minimum Gasteiger partial charge on any atom is -0.457 e. The second kappa shape index (κ2) is 21.5. The summed E-state index contributed by atoms with van der Waals surface area (Å²) in [5, 5.41) is 1.08. The van der Waals surface area contributed by atoms with Crippen LogP contribution in [-0.4, -0.2) is 126 Å². The van der Waals surface area contributed by atoms with Crippen molar-refractivity contribution in [1.82, 2.24) is 14.8 Å². The quantitative estimate of drug-likeness (QED) is 0.0703. The third-order valence-corrected chi connectivity index (χ3v) is 14.6. The number of pyridine rings is 1. The number of likely N-dealkylation sites (N-methyl/N-ethyl adjacent to an activating group) is 1. The molecule has 4 heterocycles. The smallest absolute Gasteiger partial charge is 0.410 e. The number of carbonyl (C=O) groups is 5. The summed E-state index contributed by atoms with van der Waals surface area (Å²) in [6, 6.07) is 17.5. The molecule has 13 atom stereocenters. The fourth-order valence-electron chi connectivity index (χ4n) is 10.8. The normalized spacial score (nSPS) is 33.6. The number of hydrogen-bond acceptors (Lipinski definition) is 13. The molecule has 3 fully saturated rings. The minimum absolute atomic E-state index is 0.0966. The van der Waals surface area contributed by atoms with Crippen LogP contribution in [0.15, 0.2) is 66.9 Å². The third-order valence-electron chi connectivity index (χ3n) is 14.6. The monoisotopic (exact) mass is 914 g/mol. The zero-order valence-corrected chi connectivity index (χ0v) is 40.7. The molecule has 0 aliphatic carbocycles. The predicted octanol–water partition coefficient (Wildman–Crippen LogP) is 8.02. The summed E-state index contributed by atoms with van der Waals surface area (Å²) < 4.78 is 38.6. The van der Waals surface area contributed by atoms with Gasteiger partial charge in [0.2, 0.25) is 0 Å².